The minimum Gasteiger partial charge on any atom is -0.305 e. The van der Waals surface area contributed by atoms with Gasteiger partial charge < -0.3 is 4.57 Å². The number of aromatic nitrogens is 3. The summed E-state index contributed by atoms with van der Waals surface area (Å²) in [5, 5.41) is 7.93. The van der Waals surface area contributed by atoms with Gasteiger partial charge >= 0.3 is 6.18 Å². The van der Waals surface area contributed by atoms with E-state index in [0.717, 1.165) is 11.9 Å². The summed E-state index contributed by atoms with van der Waals surface area (Å²) in [6.07, 6.45) is -2.04. The van der Waals surface area contributed by atoms with Crippen molar-refractivity contribution in [3.05, 3.63) is 11.6 Å². The highest BCUT2D eigenvalue weighted by Gasteiger charge is 2.44. The third kappa shape index (κ3) is 2.52. The summed E-state index contributed by atoms with van der Waals surface area (Å²) < 4.78 is 39.3. The number of alkyl halides is 4. The molecular weight excluding hydrogens is 325 g/mol. The van der Waals surface area contributed by atoms with Crippen LogP contribution in [-0.4, -0.2) is 38.1 Å². The van der Waals surface area contributed by atoms with Crippen LogP contribution < -0.4 is 0 Å². The van der Waals surface area contributed by atoms with E-state index >= 15 is 0 Å². The van der Waals surface area contributed by atoms with E-state index < -0.39 is 12.0 Å². The first kappa shape index (κ1) is 13.4. The highest BCUT2D eigenvalue weighted by molar-refractivity contribution is 9.09. The molecule has 19 heavy (non-hydrogen) atoms. The van der Waals surface area contributed by atoms with Crippen LogP contribution in [0.25, 0.3) is 0 Å². The molecule has 2 heterocycles. The van der Waals surface area contributed by atoms with E-state index in [2.05, 4.69) is 31.0 Å². The number of rotatable bonds is 3. The molecule has 0 amide bonds. The Labute approximate surface area is 117 Å². The average molecular weight is 339 g/mol. The number of halogens is 4. The van der Waals surface area contributed by atoms with Crippen LogP contribution in [0.1, 0.15) is 24.5 Å². The van der Waals surface area contributed by atoms with E-state index in [4.69, 9.17) is 0 Å². The van der Waals surface area contributed by atoms with Crippen molar-refractivity contribution >= 4 is 15.9 Å². The summed E-state index contributed by atoms with van der Waals surface area (Å²) in [6.45, 7) is 2.32. The van der Waals surface area contributed by atoms with E-state index in [9.17, 15) is 13.2 Å². The molecule has 4 nitrogen and oxygen atoms in total. The summed E-state index contributed by atoms with van der Waals surface area (Å²) in [7, 11) is 0. The second-order valence-corrected chi connectivity index (χ2v) is 5.99. The largest absolute Gasteiger partial charge is 0.451 e. The predicted molar refractivity (Wildman–Crippen MR) is 65.8 cm³/mol. The van der Waals surface area contributed by atoms with E-state index in [0.29, 0.717) is 30.9 Å². The SMILES string of the molecule is FC(F)(F)c1nnc2n1CCN(CC1(CBr)CC1)C2. The van der Waals surface area contributed by atoms with Crippen molar-refractivity contribution in [3.8, 4) is 0 Å². The van der Waals surface area contributed by atoms with E-state index in [-0.39, 0.29) is 0 Å². The molecule has 8 heteroatoms. The molecule has 1 aromatic heterocycles. The Morgan fingerprint density at radius 3 is 2.53 bits per heavy atom. The molecular formula is C11H14BrF3N4. The maximum Gasteiger partial charge on any atom is 0.451 e. The third-order valence-corrected chi connectivity index (χ3v) is 5.07. The maximum absolute atomic E-state index is 12.7. The number of hydrogen-bond donors (Lipinski definition) is 0. The lowest BCUT2D eigenvalue weighted by Gasteiger charge is -2.30. The molecule has 0 spiro atoms. The van der Waals surface area contributed by atoms with Gasteiger partial charge in [0.1, 0.15) is 5.82 Å². The van der Waals surface area contributed by atoms with Crippen LogP contribution in [-0.2, 0) is 19.3 Å². The Balaban J connectivity index is 1.73. The highest BCUT2D eigenvalue weighted by Crippen LogP contribution is 2.48. The van der Waals surface area contributed by atoms with Crippen LogP contribution in [0.3, 0.4) is 0 Å². The van der Waals surface area contributed by atoms with Gasteiger partial charge in [0.05, 0.1) is 6.54 Å². The molecule has 1 fully saturated rings. The molecule has 0 aromatic carbocycles. The zero-order chi connectivity index (χ0) is 13.7. The van der Waals surface area contributed by atoms with Gasteiger partial charge in [-0.2, -0.15) is 13.2 Å². The summed E-state index contributed by atoms with van der Waals surface area (Å²) in [5.41, 5.74) is 0.328. The smallest absolute Gasteiger partial charge is 0.305 e. The van der Waals surface area contributed by atoms with Crippen molar-refractivity contribution in [1.29, 1.82) is 0 Å². The lowest BCUT2D eigenvalue weighted by Crippen LogP contribution is -2.39. The minimum atomic E-state index is -4.42. The first-order valence-corrected chi connectivity index (χ1v) is 7.33. The molecule has 1 aromatic rings. The van der Waals surface area contributed by atoms with Gasteiger partial charge in [-0.15, -0.1) is 10.2 Å². The topological polar surface area (TPSA) is 34.0 Å². The molecule has 0 N–H and O–H groups in total. The van der Waals surface area contributed by atoms with E-state index in [1.807, 2.05) is 0 Å². The molecule has 1 aliphatic heterocycles. The van der Waals surface area contributed by atoms with Crippen molar-refractivity contribution < 1.29 is 13.2 Å². The van der Waals surface area contributed by atoms with Gasteiger partial charge in [0.2, 0.25) is 5.82 Å². The van der Waals surface area contributed by atoms with Gasteiger partial charge in [-0.05, 0) is 18.3 Å². The van der Waals surface area contributed by atoms with Crippen molar-refractivity contribution in [2.24, 2.45) is 5.41 Å². The maximum atomic E-state index is 12.7. The first-order valence-electron chi connectivity index (χ1n) is 6.21. The van der Waals surface area contributed by atoms with Crippen molar-refractivity contribution in [1.82, 2.24) is 19.7 Å². The molecule has 0 bridgehead atoms. The zero-order valence-electron chi connectivity index (χ0n) is 10.3. The second-order valence-electron chi connectivity index (χ2n) is 5.43. The van der Waals surface area contributed by atoms with Gasteiger partial charge in [0.25, 0.3) is 0 Å². The Morgan fingerprint density at radius 2 is 1.95 bits per heavy atom. The summed E-state index contributed by atoms with van der Waals surface area (Å²) in [6, 6.07) is 0. The van der Waals surface area contributed by atoms with E-state index in [1.54, 1.807) is 0 Å². The molecule has 0 unspecified atom stereocenters. The van der Waals surface area contributed by atoms with E-state index in [1.165, 1.54) is 17.4 Å². The van der Waals surface area contributed by atoms with Crippen LogP contribution in [0.4, 0.5) is 13.2 Å². The van der Waals surface area contributed by atoms with Crippen LogP contribution in [0.5, 0.6) is 0 Å². The van der Waals surface area contributed by atoms with Crippen LogP contribution >= 0.6 is 15.9 Å². The van der Waals surface area contributed by atoms with Gasteiger partial charge in [-0.1, -0.05) is 15.9 Å². The lowest BCUT2D eigenvalue weighted by molar-refractivity contribution is -0.148. The molecule has 1 aliphatic carbocycles. The number of fused-ring (bicyclic) bond motifs is 1. The third-order valence-electron chi connectivity index (χ3n) is 3.89. The fourth-order valence-electron chi connectivity index (χ4n) is 2.54. The Kier molecular flexibility index (Phi) is 3.12. The average Bonchev–Trinajstić information content (AvgIpc) is 2.98. The van der Waals surface area contributed by atoms with Gasteiger partial charge in [0.15, 0.2) is 0 Å². The van der Waals surface area contributed by atoms with Crippen molar-refractivity contribution in [2.75, 3.05) is 18.4 Å². The summed E-state index contributed by atoms with van der Waals surface area (Å²) in [4.78, 5) is 2.18. The van der Waals surface area contributed by atoms with Crippen LogP contribution in [0, 0.1) is 5.41 Å². The zero-order valence-corrected chi connectivity index (χ0v) is 11.8. The normalized spacial score (nSPS) is 22.3. The molecule has 0 saturated heterocycles. The Morgan fingerprint density at radius 1 is 1.21 bits per heavy atom. The predicted octanol–water partition coefficient (Wildman–Crippen LogP) is 2.29. The minimum absolute atomic E-state index is 0.315. The first-order chi connectivity index (χ1) is 8.93. The molecule has 1 saturated carbocycles. The standard InChI is InChI=1S/C11H14BrF3N4/c12-6-10(1-2-10)7-18-3-4-19-8(5-18)16-17-9(19)11(13,14)15/h1-7H2. The fraction of sp³-hybridized carbons (Fsp3) is 0.818. The molecule has 3 rings (SSSR count). The highest BCUT2D eigenvalue weighted by atomic mass is 79.9. The monoisotopic (exact) mass is 338 g/mol. The molecule has 0 atom stereocenters. The van der Waals surface area contributed by atoms with Gasteiger partial charge in [-0.25, -0.2) is 0 Å². The number of nitrogens with zero attached hydrogens (tertiary/aromatic N) is 4. The summed E-state index contributed by atoms with van der Waals surface area (Å²) in [5.74, 6) is -0.451. The van der Waals surface area contributed by atoms with Crippen molar-refractivity contribution in [3.63, 3.8) is 0 Å². The van der Waals surface area contributed by atoms with Crippen molar-refractivity contribution in [2.45, 2.75) is 32.1 Å². The fourth-order valence-corrected chi connectivity index (χ4v) is 3.28. The second kappa shape index (κ2) is 4.44. The van der Waals surface area contributed by atoms with Gasteiger partial charge in [-0.3, -0.25) is 4.90 Å². The molecule has 2 aliphatic rings. The van der Waals surface area contributed by atoms with Crippen LogP contribution in [0.2, 0.25) is 0 Å². The Hall–Kier alpha value is -0.630. The lowest BCUT2D eigenvalue weighted by atomic mass is 10.1. The Bertz CT molecular complexity index is 481. The molecule has 106 valence electrons. The van der Waals surface area contributed by atoms with Gasteiger partial charge in [0, 0.05) is 25.0 Å². The van der Waals surface area contributed by atoms with Crippen LogP contribution in [0.15, 0.2) is 0 Å². The molecule has 0 radical (unpaired) electrons. The summed E-state index contributed by atoms with van der Waals surface area (Å²) >= 11 is 3.51. The quantitative estimate of drug-likeness (QED) is 0.793. The number of hydrogen-bond acceptors (Lipinski definition) is 3.